The van der Waals surface area contributed by atoms with E-state index >= 15 is 0 Å². The van der Waals surface area contributed by atoms with E-state index in [1.165, 1.54) is 24.3 Å². The van der Waals surface area contributed by atoms with E-state index in [-0.39, 0.29) is 121 Å². The minimum absolute atomic E-state index is 0.0155. The van der Waals surface area contributed by atoms with Gasteiger partial charge in [0.2, 0.25) is 23.6 Å². The summed E-state index contributed by atoms with van der Waals surface area (Å²) >= 11 is 0. The van der Waals surface area contributed by atoms with Crippen LogP contribution in [0.5, 0.6) is 0 Å². The van der Waals surface area contributed by atoms with E-state index in [0.29, 0.717) is 119 Å². The lowest BCUT2D eigenvalue weighted by Gasteiger charge is -2.30. The summed E-state index contributed by atoms with van der Waals surface area (Å²) in [6, 6.07) is 61.7. The maximum atomic E-state index is 14.3. The monoisotopic (exact) mass is 2040 g/mol. The molecule has 28 nitrogen and oxygen atoms in total. The lowest BCUT2D eigenvalue weighted by molar-refractivity contribution is -0.135. The number of nitrogens with zero attached hydrogens (tertiary/aromatic N) is 12. The number of carbonyl (C=O) groups excluding carboxylic acids is 6. The first-order valence-electron chi connectivity index (χ1n) is 51.3. The molecule has 0 aliphatic carbocycles. The molecule has 4 N–H and O–H groups in total. The predicted octanol–water partition coefficient (Wildman–Crippen LogP) is 20.0. The molecule has 4 fully saturated rings. The second kappa shape index (κ2) is 44.1. The molecule has 6 amide bonds. The first-order valence-corrected chi connectivity index (χ1v) is 51.3. The number of oxime groups is 2. The van der Waals surface area contributed by atoms with Gasteiger partial charge in [0.15, 0.2) is 11.2 Å². The Labute approximate surface area is 869 Å². The van der Waals surface area contributed by atoms with Crippen molar-refractivity contribution in [3.8, 4) is 44.5 Å². The molecule has 8 aromatic carbocycles. The largest absolute Gasteiger partial charge is 0.391 e. The molecule has 8 aliphatic heterocycles. The van der Waals surface area contributed by atoms with Gasteiger partial charge in [-0.1, -0.05) is 256 Å². The molecular weight excluding hydrogens is 1920 g/mol. The third-order valence-electron chi connectivity index (χ3n) is 30.4. The minimum atomic E-state index is -0.912. The van der Waals surface area contributed by atoms with Gasteiger partial charge in [0.25, 0.3) is 11.8 Å². The van der Waals surface area contributed by atoms with Crippen LogP contribution in [-0.2, 0) is 60.5 Å². The van der Waals surface area contributed by atoms with Gasteiger partial charge >= 0.3 is 0 Å². The number of aromatic nitrogens is 4. The number of aliphatic hydroxyl groups is 4. The van der Waals surface area contributed by atoms with E-state index in [9.17, 15) is 66.8 Å². The predicted molar refractivity (Wildman–Crippen MR) is 557 cm³/mol. The number of likely N-dealkylation sites (tertiary alicyclic amines) is 4. The van der Waals surface area contributed by atoms with Gasteiger partial charge in [0.05, 0.1) is 93.6 Å². The summed E-state index contributed by atoms with van der Waals surface area (Å²) < 4.78 is 78.8. The highest BCUT2D eigenvalue weighted by Crippen LogP contribution is 2.48. The Morgan fingerprint density at radius 3 is 0.753 bits per heavy atom. The Bertz CT molecular complexity index is 6680. The molecular formula is C118H128F4N12O16. The van der Waals surface area contributed by atoms with Crippen LogP contribution in [-0.4, -0.2) is 194 Å². The molecule has 16 atom stereocenters. The highest BCUT2D eigenvalue weighted by atomic mass is 19.1. The Kier molecular flexibility index (Phi) is 31.4. The number of aliphatic imine (C=N–C) groups is 2. The molecule has 784 valence electrons. The number of aliphatic hydroxyl groups excluding tert-OH is 4. The number of hydrogen-bond acceptors (Lipinski definition) is 22. The van der Waals surface area contributed by atoms with Crippen LogP contribution < -0.4 is 0 Å². The van der Waals surface area contributed by atoms with Crippen LogP contribution in [0.3, 0.4) is 0 Å². The van der Waals surface area contributed by atoms with E-state index in [2.05, 4.69) is 40.9 Å². The number of rotatable bonds is 24. The van der Waals surface area contributed by atoms with E-state index in [1.54, 1.807) is 118 Å². The Balaban J connectivity index is 0.000000136. The topological polar surface area (TPSA) is 368 Å². The lowest BCUT2D eigenvalue weighted by atomic mass is 9.78. The number of hydrogen-bond donors (Lipinski definition) is 4. The molecule has 32 heteroatoms. The average Bonchev–Trinajstić information content (AvgIpc) is 1.60. The van der Waals surface area contributed by atoms with Crippen molar-refractivity contribution in [3.05, 3.63) is 310 Å². The van der Waals surface area contributed by atoms with Gasteiger partial charge in [-0.2, -0.15) is 0 Å². The van der Waals surface area contributed by atoms with Gasteiger partial charge in [-0.25, -0.2) is 27.5 Å². The third-order valence-corrected chi connectivity index (χ3v) is 30.4. The summed E-state index contributed by atoms with van der Waals surface area (Å²) in [5.41, 5.74) is 10.6. The first-order chi connectivity index (χ1) is 71.5. The van der Waals surface area contributed by atoms with Gasteiger partial charge in [-0.15, -0.1) is 0 Å². The molecule has 12 aromatic rings. The quantitative estimate of drug-likeness (QED) is 0.0408. The molecule has 8 unspecified atom stereocenters. The van der Waals surface area contributed by atoms with Crippen LogP contribution in [0, 0.1) is 74.6 Å². The minimum Gasteiger partial charge on any atom is -0.391 e. The van der Waals surface area contributed by atoms with E-state index in [4.69, 9.17) is 27.8 Å². The average molecular weight is 2050 g/mol. The highest BCUT2D eigenvalue weighted by molar-refractivity contribution is 6.13. The fourth-order valence-corrected chi connectivity index (χ4v) is 22.2. The lowest BCUT2D eigenvalue weighted by Crippen LogP contribution is -2.44. The number of benzene rings is 8. The third kappa shape index (κ3) is 22.2. The van der Waals surface area contributed by atoms with Gasteiger partial charge in [-0.3, -0.25) is 28.8 Å². The maximum absolute atomic E-state index is 14.3. The molecule has 0 spiro atoms. The van der Waals surface area contributed by atoms with Crippen molar-refractivity contribution in [2.24, 2.45) is 44.0 Å². The molecule has 150 heavy (non-hydrogen) atoms. The standard InChI is InChI=1S/2C30H32FN3O4.2C29H32FN3O4/c2*1-17(2)27(26-13-18(3)33-38-26)28(36)34-16-21(35)14-25(34)24-15-30(4,29(37)32-24)20-11-9-19(10-12-20)22-7-5-6-8-23(22)31;2*1-17(2)27(26-13-18(3)31-36-26)28(35)33-16-21(34)14-25(33)24-15-29(4,37-32-24)20-11-9-19(10-12-20)22-7-5-6-8-23(22)30/h2*5-13,17,21,25,27,35H,14-16H2,1-4H3;2*5-13,17,21,25,27,34H,14-16H2,1-4H3/t21-,25?,27?,30+;;21-,25+,27?,29?;21-,25+,27+,29+/m1.11/s1. The van der Waals surface area contributed by atoms with Gasteiger partial charge < -0.3 is 67.8 Å². The number of β-amino-alcohol motifs (C(OH)–C–C–N with tert-alkyl or cyclic N) is 4. The summed E-state index contributed by atoms with van der Waals surface area (Å²) in [4.78, 5) is 109. The Morgan fingerprint density at radius 1 is 0.320 bits per heavy atom. The summed E-state index contributed by atoms with van der Waals surface area (Å²) in [6.07, 6.45) is 0.339. The molecule has 4 aromatic heterocycles. The molecule has 0 radical (unpaired) electrons. The SMILES string of the molecule is Cc1cc(C(C(=O)N2CC(O)CC2C2=NC(=O)C(C)(c3ccc(-c4ccccc4F)cc3)C2)C(C)C)on1.Cc1cc(C(C(=O)N2C[C@H](O)CC2C2=NC(=O)[C@](C)(c3ccc(-c4ccccc4F)cc3)C2)C(C)C)on1.Cc1cc(C(C(=O)N2C[C@H](O)C[C@H]2C2=NOC(C)(c3ccc(-c4ccccc4F)cc3)C2)C(C)C)on1.Cc1cc([C@@H](C(=O)N2C[C@H](O)C[C@H]2C2=NO[C@](C)(c3ccc(-c4ccccc4F)cc3)C2)C(C)C)on1. The van der Waals surface area contributed by atoms with Crippen LogP contribution in [0.25, 0.3) is 44.5 Å². The van der Waals surface area contributed by atoms with Crippen molar-refractivity contribution in [2.45, 2.75) is 256 Å². The summed E-state index contributed by atoms with van der Waals surface area (Å²) in [6.45, 7) is 31.3. The van der Waals surface area contributed by atoms with E-state index in [0.717, 1.165) is 67.3 Å². The van der Waals surface area contributed by atoms with Crippen molar-refractivity contribution in [1.29, 1.82) is 0 Å². The van der Waals surface area contributed by atoms with Crippen molar-refractivity contribution in [1.82, 2.24) is 40.2 Å². The Hall–Kier alpha value is -14.3. The van der Waals surface area contributed by atoms with Crippen molar-refractivity contribution in [3.63, 3.8) is 0 Å². The van der Waals surface area contributed by atoms with Gasteiger partial charge in [-0.05, 0) is 148 Å². The second-order valence-electron chi connectivity index (χ2n) is 43.2. The van der Waals surface area contributed by atoms with Gasteiger partial charge in [0, 0.05) is 135 Å². The zero-order valence-electron chi connectivity index (χ0n) is 87.1. The molecule has 4 saturated heterocycles. The van der Waals surface area contributed by atoms with Crippen LogP contribution >= 0.6 is 0 Å². The van der Waals surface area contributed by atoms with Crippen LogP contribution in [0.2, 0.25) is 0 Å². The van der Waals surface area contributed by atoms with Crippen molar-refractivity contribution >= 4 is 58.3 Å². The van der Waals surface area contributed by atoms with Crippen molar-refractivity contribution < 1.29 is 94.5 Å². The fourth-order valence-electron chi connectivity index (χ4n) is 22.2. The normalized spacial score (nSPS) is 24.3. The molecule has 20 rings (SSSR count). The first kappa shape index (κ1) is 107. The second-order valence-corrected chi connectivity index (χ2v) is 43.2. The molecule has 12 heterocycles. The number of halogens is 4. The van der Waals surface area contributed by atoms with Crippen LogP contribution in [0.1, 0.15) is 226 Å². The Morgan fingerprint density at radius 2 is 0.540 bits per heavy atom. The fraction of sp³-hybridized carbons (Fsp3) is 0.407. The van der Waals surface area contributed by atoms with Crippen LogP contribution in [0.4, 0.5) is 17.6 Å². The number of carbonyl (C=O) groups is 6. The van der Waals surface area contributed by atoms with Crippen LogP contribution in [0.15, 0.2) is 257 Å². The van der Waals surface area contributed by atoms with Gasteiger partial charge in [0.1, 0.15) is 70.0 Å². The molecule has 0 saturated carbocycles. The van der Waals surface area contributed by atoms with Crippen molar-refractivity contribution in [2.75, 3.05) is 26.2 Å². The molecule has 8 aliphatic rings. The number of aryl methyl sites for hydroxylation is 4. The summed E-state index contributed by atoms with van der Waals surface area (Å²) in [7, 11) is 0. The van der Waals surface area contributed by atoms with E-state index in [1.807, 2.05) is 206 Å². The van der Waals surface area contributed by atoms with E-state index < -0.39 is 82.2 Å². The zero-order chi connectivity index (χ0) is 107. The summed E-state index contributed by atoms with van der Waals surface area (Å²) in [5, 5.41) is 66.8. The smallest absolute Gasteiger partial charge is 0.256 e. The maximum Gasteiger partial charge on any atom is 0.256 e. The highest BCUT2D eigenvalue weighted by Gasteiger charge is 2.54. The number of amides is 6. The molecule has 0 bridgehead atoms. The summed E-state index contributed by atoms with van der Waals surface area (Å²) in [5.74, 6) is -2.52. The zero-order valence-corrected chi connectivity index (χ0v) is 87.1.